The third-order valence-electron chi connectivity index (χ3n) is 7.47. The smallest absolute Gasteiger partial charge is 0.226 e. The van der Waals surface area contributed by atoms with Gasteiger partial charge >= 0.3 is 0 Å². The third kappa shape index (κ3) is 17.4. The van der Waals surface area contributed by atoms with Gasteiger partial charge in [0.05, 0.1) is 63.9 Å². The first-order valence-electron chi connectivity index (χ1n) is 16.1. The minimum Gasteiger partial charge on any atom is -0.400 e. The van der Waals surface area contributed by atoms with E-state index in [2.05, 4.69) is 42.4 Å². The lowest BCUT2D eigenvalue weighted by atomic mass is 10.2. The van der Waals surface area contributed by atoms with Crippen LogP contribution < -0.4 is 5.32 Å². The van der Waals surface area contributed by atoms with E-state index in [9.17, 15) is 9.79 Å². The number of nitrogens with zero attached hydrogens (tertiary/aromatic N) is 6. The van der Waals surface area contributed by atoms with E-state index in [0.29, 0.717) is 83.4 Å². The van der Waals surface area contributed by atoms with Gasteiger partial charge in [0.15, 0.2) is 20.3 Å². The Morgan fingerprint density at radius 1 is 1.00 bits per heavy atom. The lowest BCUT2D eigenvalue weighted by Crippen LogP contribution is -2.48. The Kier molecular flexibility index (Phi) is 24.0. The van der Waals surface area contributed by atoms with Crippen LogP contribution in [0.2, 0.25) is 5.28 Å². The van der Waals surface area contributed by atoms with Crippen LogP contribution in [-0.4, -0.2) is 174 Å². The zero-order chi connectivity index (χ0) is 35.7. The standard InChI is InChI=1S/C28H45ClN7O7P.CH3OP.CH4O/c1-2-13-39-15-17-41-19-20-42-18-16-40-14-12-35-10-8-34(9-11-35)7-6-30-26-24-22-31-36(27(24)33-28(29)32-26)25-4-3-23(43-25)5-21-44(37)38;1-3-2;1-2/h1,22-23,25,37-38H,3-21H2,(H,30,32,33);2H,1H2;2H,1H3. The number of fused-ring (bicyclic) bond motifs is 1. The molecule has 49 heavy (non-hydrogen) atoms. The van der Waals surface area contributed by atoms with Crippen LogP contribution in [0, 0.1) is 12.3 Å². The van der Waals surface area contributed by atoms with E-state index >= 15 is 0 Å². The highest BCUT2D eigenvalue weighted by Crippen LogP contribution is 2.35. The maximum atomic E-state index is 9.22. The van der Waals surface area contributed by atoms with Gasteiger partial charge in [-0.25, -0.2) is 4.68 Å². The molecule has 4 rings (SSSR count). The van der Waals surface area contributed by atoms with E-state index in [1.54, 1.807) is 10.9 Å². The summed E-state index contributed by atoms with van der Waals surface area (Å²) in [4.78, 5) is 39.6. The van der Waals surface area contributed by atoms with Gasteiger partial charge in [0, 0.05) is 67.5 Å². The van der Waals surface area contributed by atoms with Crippen molar-refractivity contribution in [2.24, 2.45) is 0 Å². The summed E-state index contributed by atoms with van der Waals surface area (Å²) in [5, 5.41) is 15.9. The van der Waals surface area contributed by atoms with Gasteiger partial charge in [-0.05, 0) is 37.2 Å². The number of aliphatic hydroxyl groups is 1. The van der Waals surface area contributed by atoms with Crippen LogP contribution in [0.5, 0.6) is 0 Å². The molecular weight excluding hydrogens is 700 g/mol. The fourth-order valence-corrected chi connectivity index (χ4v) is 5.82. The molecule has 2 unspecified atom stereocenters. The zero-order valence-corrected chi connectivity index (χ0v) is 30.8. The van der Waals surface area contributed by atoms with Crippen molar-refractivity contribution in [3.63, 3.8) is 0 Å². The predicted molar refractivity (Wildman–Crippen MR) is 192 cm³/mol. The Morgan fingerprint density at radius 3 is 2.20 bits per heavy atom. The largest absolute Gasteiger partial charge is 0.400 e. The molecule has 4 heterocycles. The fourth-order valence-electron chi connectivity index (χ4n) is 5.14. The van der Waals surface area contributed by atoms with Gasteiger partial charge in [0.1, 0.15) is 12.4 Å². The number of nitrogens with one attached hydrogen (secondary N) is 1. The summed E-state index contributed by atoms with van der Waals surface area (Å²) >= 11 is 6.29. The quantitative estimate of drug-likeness (QED) is 0.0533. The van der Waals surface area contributed by atoms with Gasteiger partial charge in [-0.2, -0.15) is 15.1 Å². The predicted octanol–water partition coefficient (Wildman–Crippen LogP) is 1.45. The molecule has 0 amide bonds. The van der Waals surface area contributed by atoms with Crippen LogP contribution in [0.4, 0.5) is 5.82 Å². The molecule has 0 aliphatic carbocycles. The Morgan fingerprint density at radius 2 is 1.59 bits per heavy atom. The number of ether oxygens (including phenoxy) is 5. The van der Waals surface area contributed by atoms with Crippen molar-refractivity contribution in [2.75, 3.05) is 117 Å². The second-order valence-electron chi connectivity index (χ2n) is 10.7. The molecule has 0 spiro atoms. The Bertz CT molecular complexity index is 1210. The van der Waals surface area contributed by atoms with Crippen molar-refractivity contribution < 1.29 is 43.5 Å². The lowest BCUT2D eigenvalue weighted by molar-refractivity contribution is -0.00391. The van der Waals surface area contributed by atoms with E-state index < -0.39 is 8.38 Å². The van der Waals surface area contributed by atoms with Crippen molar-refractivity contribution in [2.45, 2.75) is 31.6 Å². The first kappa shape index (κ1) is 43.5. The number of anilines is 1. The molecule has 2 aromatic heterocycles. The maximum Gasteiger partial charge on any atom is 0.226 e. The molecule has 2 saturated heterocycles. The average Bonchev–Trinajstić information content (AvgIpc) is 3.75. The van der Waals surface area contributed by atoms with Crippen LogP contribution in [0.1, 0.15) is 25.5 Å². The van der Waals surface area contributed by atoms with Crippen molar-refractivity contribution in [3.05, 3.63) is 11.5 Å². The topological polar surface area (TPSA) is 189 Å². The van der Waals surface area contributed by atoms with E-state index in [4.69, 9.17) is 51.7 Å². The van der Waals surface area contributed by atoms with Crippen molar-refractivity contribution in [1.82, 2.24) is 29.5 Å². The molecule has 16 nitrogen and oxygen atoms in total. The summed E-state index contributed by atoms with van der Waals surface area (Å²) in [5.74, 6) is 3.07. The van der Waals surface area contributed by atoms with Crippen LogP contribution in [0.15, 0.2) is 6.20 Å². The number of rotatable bonds is 21. The number of terminal acetylenes is 1. The minimum absolute atomic E-state index is 0.0285. The van der Waals surface area contributed by atoms with E-state index in [-0.39, 0.29) is 26.0 Å². The average molecular weight is 752 g/mol. The van der Waals surface area contributed by atoms with Gasteiger partial charge in [-0.15, -0.1) is 6.42 Å². The Balaban J connectivity index is 0.00000158. The number of hydrogen-bond acceptors (Lipinski definition) is 15. The summed E-state index contributed by atoms with van der Waals surface area (Å²) < 4.78 is 29.6. The molecule has 5 N–H and O–H groups in total. The van der Waals surface area contributed by atoms with E-state index in [1.807, 2.05) is 0 Å². The normalized spacial score (nSPS) is 18.2. The number of piperazine rings is 1. The van der Waals surface area contributed by atoms with Gasteiger partial charge in [0.2, 0.25) is 5.28 Å². The Labute approximate surface area is 296 Å². The number of hydrogen-bond donors (Lipinski definition) is 5. The van der Waals surface area contributed by atoms with Crippen LogP contribution >= 0.6 is 28.4 Å². The molecule has 278 valence electrons. The number of aliphatic hydroxyl groups excluding tert-OH is 1. The van der Waals surface area contributed by atoms with Crippen molar-refractivity contribution in [1.29, 1.82) is 0 Å². The molecule has 2 aromatic rings. The molecule has 19 heteroatoms. The van der Waals surface area contributed by atoms with Crippen LogP contribution in [0.3, 0.4) is 0 Å². The molecule has 2 aliphatic rings. The molecule has 0 saturated carbocycles. The highest BCUT2D eigenvalue weighted by molar-refractivity contribution is 7.45. The number of halogens is 1. The summed E-state index contributed by atoms with van der Waals surface area (Å²) in [7, 11) is -0.740. The summed E-state index contributed by atoms with van der Waals surface area (Å²) in [5.41, 5.74) is 0.625. The van der Waals surface area contributed by atoms with Gasteiger partial charge in [0.25, 0.3) is 0 Å². The molecular formula is C30H52ClN7O9P2. The molecule has 2 aliphatic heterocycles. The molecule has 0 bridgehead atoms. The molecule has 2 atom stereocenters. The second kappa shape index (κ2) is 27.1. The highest BCUT2D eigenvalue weighted by atomic mass is 35.5. The van der Waals surface area contributed by atoms with Gasteiger partial charge in [-0.3, -0.25) is 9.80 Å². The Hall–Kier alpha value is -1.64. The van der Waals surface area contributed by atoms with E-state index in [1.165, 1.54) is 0 Å². The zero-order valence-electron chi connectivity index (χ0n) is 28.2. The monoisotopic (exact) mass is 751 g/mol. The van der Waals surface area contributed by atoms with Crippen molar-refractivity contribution >= 4 is 51.6 Å². The lowest BCUT2D eigenvalue weighted by Gasteiger charge is -2.34. The van der Waals surface area contributed by atoms with Crippen molar-refractivity contribution in [3.8, 4) is 12.3 Å². The molecule has 0 aromatic carbocycles. The molecule has 0 radical (unpaired) electrons. The maximum absolute atomic E-state index is 9.22. The minimum atomic E-state index is -1.91. The second-order valence-corrected chi connectivity index (χ2v) is 12.5. The van der Waals surface area contributed by atoms with Crippen LogP contribution in [0.25, 0.3) is 11.0 Å². The highest BCUT2D eigenvalue weighted by Gasteiger charge is 2.29. The SMILES string of the molecule is C#CCOCCOCCOCCOCCN1CCN(CCNc2nc(Cl)nc3c2cnn3C2CCC(CCP(O)O)O2)CC1.C=PO.CO. The fraction of sp³-hybridized carbons (Fsp3) is 0.733. The summed E-state index contributed by atoms with van der Waals surface area (Å²) in [6, 6.07) is 0. The van der Waals surface area contributed by atoms with Gasteiger partial charge in [-0.1, -0.05) is 5.92 Å². The van der Waals surface area contributed by atoms with Crippen LogP contribution in [-0.2, 0) is 23.7 Å². The molecule has 2 fully saturated rings. The van der Waals surface area contributed by atoms with E-state index in [0.717, 1.165) is 64.6 Å². The summed E-state index contributed by atoms with van der Waals surface area (Å²) in [6.45, 7) is 10.7. The number of aromatic nitrogens is 4. The third-order valence-corrected chi connectivity index (χ3v) is 8.30. The first-order valence-corrected chi connectivity index (χ1v) is 19.0. The van der Waals surface area contributed by atoms with Gasteiger partial charge < -0.3 is 48.8 Å². The first-order chi connectivity index (χ1) is 23.9. The summed E-state index contributed by atoms with van der Waals surface area (Å²) in [6.07, 6.45) is 12.1.